The molecular formula is C21H22N2O5. The summed E-state index contributed by atoms with van der Waals surface area (Å²) in [5.41, 5.74) is 1.22. The molecular weight excluding hydrogens is 360 g/mol. The molecule has 0 heterocycles. The van der Waals surface area contributed by atoms with Crippen molar-refractivity contribution < 1.29 is 23.9 Å². The molecule has 0 aliphatic heterocycles. The number of esters is 1. The lowest BCUT2D eigenvalue weighted by Crippen LogP contribution is -2.41. The Hall–Kier alpha value is -3.61. The smallest absolute Gasteiger partial charge is 0.331 e. The Balaban J connectivity index is 2.08. The van der Waals surface area contributed by atoms with Gasteiger partial charge < -0.3 is 14.8 Å². The first kappa shape index (κ1) is 20.7. The van der Waals surface area contributed by atoms with Crippen molar-refractivity contribution in [2.45, 2.75) is 13.0 Å². The SMILES string of the molecule is CCOc1ccc(/C=C/C(=O)O[C@H](C(=O)NC(=O)NC)c2ccccc2)cc1. The molecule has 2 N–H and O–H groups in total. The Labute approximate surface area is 163 Å². The minimum absolute atomic E-state index is 0.451. The average Bonchev–Trinajstić information content (AvgIpc) is 2.72. The number of hydrogen-bond acceptors (Lipinski definition) is 5. The Morgan fingerprint density at radius 2 is 1.71 bits per heavy atom. The number of amides is 3. The fourth-order valence-corrected chi connectivity index (χ4v) is 2.30. The lowest BCUT2D eigenvalue weighted by molar-refractivity contribution is -0.151. The molecule has 0 radical (unpaired) electrons. The van der Waals surface area contributed by atoms with E-state index < -0.39 is 24.0 Å². The second kappa shape index (κ2) is 10.5. The van der Waals surface area contributed by atoms with E-state index in [2.05, 4.69) is 10.6 Å². The Bertz CT molecular complexity index is 832. The van der Waals surface area contributed by atoms with Crippen LogP contribution in [0.2, 0.25) is 0 Å². The van der Waals surface area contributed by atoms with Gasteiger partial charge in [-0.05, 0) is 30.7 Å². The average molecular weight is 382 g/mol. The van der Waals surface area contributed by atoms with Gasteiger partial charge in [-0.1, -0.05) is 42.5 Å². The van der Waals surface area contributed by atoms with Crippen molar-refractivity contribution in [3.8, 4) is 5.75 Å². The molecule has 0 saturated carbocycles. The van der Waals surface area contributed by atoms with Gasteiger partial charge in [0.25, 0.3) is 5.91 Å². The van der Waals surface area contributed by atoms with Crippen LogP contribution < -0.4 is 15.4 Å². The number of benzene rings is 2. The monoisotopic (exact) mass is 382 g/mol. The maximum Gasteiger partial charge on any atom is 0.331 e. The van der Waals surface area contributed by atoms with Gasteiger partial charge in [-0.25, -0.2) is 9.59 Å². The molecule has 0 bridgehead atoms. The molecule has 28 heavy (non-hydrogen) atoms. The summed E-state index contributed by atoms with van der Waals surface area (Å²) in [5.74, 6) is -0.722. The van der Waals surface area contributed by atoms with Gasteiger partial charge in [-0.2, -0.15) is 0 Å². The second-order valence-electron chi connectivity index (χ2n) is 5.63. The second-order valence-corrected chi connectivity index (χ2v) is 5.63. The number of ether oxygens (including phenoxy) is 2. The highest BCUT2D eigenvalue weighted by atomic mass is 16.5. The van der Waals surface area contributed by atoms with Crippen LogP contribution in [0.4, 0.5) is 4.79 Å². The van der Waals surface area contributed by atoms with Crippen molar-refractivity contribution in [2.24, 2.45) is 0 Å². The number of hydrogen-bond donors (Lipinski definition) is 2. The topological polar surface area (TPSA) is 93.7 Å². The molecule has 146 valence electrons. The summed E-state index contributed by atoms with van der Waals surface area (Å²) >= 11 is 0. The molecule has 2 aromatic carbocycles. The molecule has 7 nitrogen and oxygen atoms in total. The zero-order chi connectivity index (χ0) is 20.4. The third kappa shape index (κ3) is 6.28. The summed E-state index contributed by atoms with van der Waals surface area (Å²) in [4.78, 5) is 36.0. The van der Waals surface area contributed by atoms with E-state index in [1.165, 1.54) is 13.1 Å². The summed E-state index contributed by atoms with van der Waals surface area (Å²) in [6, 6.07) is 14.9. The Morgan fingerprint density at radius 3 is 2.32 bits per heavy atom. The molecule has 0 fully saturated rings. The zero-order valence-corrected chi connectivity index (χ0v) is 15.7. The van der Waals surface area contributed by atoms with E-state index in [1.54, 1.807) is 60.7 Å². The standard InChI is InChI=1S/C21H22N2O5/c1-3-27-17-12-9-15(10-13-17)11-14-18(24)28-19(16-7-5-4-6-8-16)20(25)23-21(26)22-2/h4-14,19H,3H2,1-2H3,(H2,22,23,25,26)/b14-11+/t19-/m0/s1. The van der Waals surface area contributed by atoms with Crippen LogP contribution in [0.3, 0.4) is 0 Å². The lowest BCUT2D eigenvalue weighted by Gasteiger charge is -2.16. The summed E-state index contributed by atoms with van der Waals surface area (Å²) in [7, 11) is 1.38. The van der Waals surface area contributed by atoms with Gasteiger partial charge in [0.1, 0.15) is 5.75 Å². The lowest BCUT2D eigenvalue weighted by atomic mass is 10.1. The quantitative estimate of drug-likeness (QED) is 0.567. The number of imide groups is 1. The number of nitrogens with one attached hydrogen (secondary N) is 2. The molecule has 7 heteroatoms. The highest BCUT2D eigenvalue weighted by molar-refractivity contribution is 5.98. The van der Waals surface area contributed by atoms with Crippen LogP contribution in [0, 0.1) is 0 Å². The van der Waals surface area contributed by atoms with Crippen molar-refractivity contribution in [2.75, 3.05) is 13.7 Å². The van der Waals surface area contributed by atoms with Crippen LogP contribution in [-0.4, -0.2) is 31.6 Å². The molecule has 0 aliphatic carbocycles. The van der Waals surface area contributed by atoms with Crippen molar-refractivity contribution >= 4 is 24.0 Å². The van der Waals surface area contributed by atoms with Gasteiger partial charge in [0.05, 0.1) is 6.61 Å². The van der Waals surface area contributed by atoms with Gasteiger partial charge in [0.15, 0.2) is 0 Å². The molecule has 1 atom stereocenters. The van der Waals surface area contributed by atoms with Gasteiger partial charge in [-0.3, -0.25) is 10.1 Å². The molecule has 0 aromatic heterocycles. The summed E-state index contributed by atoms with van der Waals surface area (Å²) < 4.78 is 10.6. The number of rotatable bonds is 7. The van der Waals surface area contributed by atoms with E-state index in [-0.39, 0.29) is 0 Å². The van der Waals surface area contributed by atoms with E-state index in [0.717, 1.165) is 11.3 Å². The third-order valence-corrected chi connectivity index (χ3v) is 3.64. The summed E-state index contributed by atoms with van der Waals surface area (Å²) in [5, 5.41) is 4.40. The van der Waals surface area contributed by atoms with E-state index in [4.69, 9.17) is 9.47 Å². The zero-order valence-electron chi connectivity index (χ0n) is 15.7. The molecule has 0 spiro atoms. The molecule has 2 aromatic rings. The number of carbonyl (C=O) groups is 3. The number of carbonyl (C=O) groups excluding carboxylic acids is 3. The minimum atomic E-state index is -1.25. The van der Waals surface area contributed by atoms with Crippen molar-refractivity contribution in [1.29, 1.82) is 0 Å². The van der Waals surface area contributed by atoms with Crippen LogP contribution in [0.1, 0.15) is 24.2 Å². The molecule has 3 amide bonds. The fraction of sp³-hybridized carbons (Fsp3) is 0.190. The normalized spacial score (nSPS) is 11.5. The van der Waals surface area contributed by atoms with Crippen molar-refractivity contribution in [1.82, 2.24) is 10.6 Å². The fourth-order valence-electron chi connectivity index (χ4n) is 2.30. The van der Waals surface area contributed by atoms with Gasteiger partial charge in [-0.15, -0.1) is 0 Å². The Kier molecular flexibility index (Phi) is 7.77. The van der Waals surface area contributed by atoms with Crippen LogP contribution in [-0.2, 0) is 14.3 Å². The largest absolute Gasteiger partial charge is 0.494 e. The summed E-state index contributed by atoms with van der Waals surface area (Å²) in [6.45, 7) is 2.47. The third-order valence-electron chi connectivity index (χ3n) is 3.64. The van der Waals surface area contributed by atoms with Crippen LogP contribution in [0.25, 0.3) is 6.08 Å². The predicted molar refractivity (Wildman–Crippen MR) is 105 cm³/mol. The van der Waals surface area contributed by atoms with E-state index in [1.807, 2.05) is 6.92 Å². The predicted octanol–water partition coefficient (Wildman–Crippen LogP) is 2.84. The van der Waals surface area contributed by atoms with Gasteiger partial charge >= 0.3 is 12.0 Å². The van der Waals surface area contributed by atoms with Gasteiger partial charge in [0, 0.05) is 18.7 Å². The maximum atomic E-state index is 12.3. The molecule has 0 unspecified atom stereocenters. The van der Waals surface area contributed by atoms with Crippen molar-refractivity contribution in [3.05, 3.63) is 71.8 Å². The van der Waals surface area contributed by atoms with E-state index in [9.17, 15) is 14.4 Å². The van der Waals surface area contributed by atoms with Crippen molar-refractivity contribution in [3.63, 3.8) is 0 Å². The molecule has 0 aliphatic rings. The summed E-state index contributed by atoms with van der Waals surface area (Å²) in [6.07, 6.45) is 1.53. The number of urea groups is 1. The highest BCUT2D eigenvalue weighted by Crippen LogP contribution is 2.18. The minimum Gasteiger partial charge on any atom is -0.494 e. The Morgan fingerprint density at radius 1 is 1.04 bits per heavy atom. The first-order chi connectivity index (χ1) is 13.5. The first-order valence-corrected chi connectivity index (χ1v) is 8.72. The van der Waals surface area contributed by atoms with E-state index >= 15 is 0 Å². The van der Waals surface area contributed by atoms with Crippen LogP contribution in [0.5, 0.6) is 5.75 Å². The molecule has 2 rings (SSSR count). The maximum absolute atomic E-state index is 12.3. The highest BCUT2D eigenvalue weighted by Gasteiger charge is 2.25. The van der Waals surface area contributed by atoms with Crippen LogP contribution >= 0.6 is 0 Å². The van der Waals surface area contributed by atoms with Gasteiger partial charge in [0.2, 0.25) is 6.10 Å². The van der Waals surface area contributed by atoms with Crippen LogP contribution in [0.15, 0.2) is 60.7 Å². The molecule has 0 saturated heterocycles. The van der Waals surface area contributed by atoms with E-state index in [0.29, 0.717) is 12.2 Å². The first-order valence-electron chi connectivity index (χ1n) is 8.72.